The molecule has 3 aromatic carbocycles. The van der Waals surface area contributed by atoms with Gasteiger partial charge in [-0.25, -0.2) is 0 Å². The molecule has 1 aliphatic rings. The van der Waals surface area contributed by atoms with Gasteiger partial charge in [0.25, 0.3) is 0 Å². The first kappa shape index (κ1) is 18.8. The maximum absolute atomic E-state index is 6.60. The average Bonchev–Trinajstić information content (AvgIpc) is 2.57. The molecule has 1 nitrogen and oxygen atoms in total. The second-order valence-corrected chi connectivity index (χ2v) is 9.99. The standard InChI is InChI=1S/C27H30O/c1-17-15-24(22(27(5,6)7)16-21(17)26(2,3)4)28-23-14-10-13-20-18-11-8-9-12-19(18)25(20)23/h8-16H,1-7H3. The van der Waals surface area contributed by atoms with Gasteiger partial charge in [0.2, 0.25) is 0 Å². The highest BCUT2D eigenvalue weighted by Crippen LogP contribution is 2.40. The van der Waals surface area contributed by atoms with E-state index in [1.807, 2.05) is 0 Å². The lowest BCUT2D eigenvalue weighted by molar-refractivity contribution is 0.449. The molecule has 0 fully saturated rings. The Labute approximate surface area is 168 Å². The van der Waals surface area contributed by atoms with E-state index in [4.69, 9.17) is 4.74 Å². The molecule has 3 aromatic rings. The largest absolute Gasteiger partial charge is 0.456 e. The van der Waals surface area contributed by atoms with Crippen LogP contribution < -0.4 is 4.74 Å². The third-order valence-corrected chi connectivity index (χ3v) is 5.68. The minimum absolute atomic E-state index is 0.00281. The molecule has 0 saturated heterocycles. The first-order chi connectivity index (χ1) is 13.1. The van der Waals surface area contributed by atoms with Crippen molar-refractivity contribution in [2.24, 2.45) is 0 Å². The number of hydrogen-bond acceptors (Lipinski definition) is 1. The van der Waals surface area contributed by atoms with Crippen molar-refractivity contribution in [3.05, 3.63) is 92.2 Å². The number of rotatable bonds is 2. The molecule has 144 valence electrons. The number of benzene rings is 3. The fourth-order valence-electron chi connectivity index (χ4n) is 4.27. The summed E-state index contributed by atoms with van der Waals surface area (Å²) >= 11 is 0. The van der Waals surface area contributed by atoms with Crippen molar-refractivity contribution in [2.45, 2.75) is 59.3 Å². The Bertz CT molecular complexity index is 1250. The summed E-state index contributed by atoms with van der Waals surface area (Å²) in [4.78, 5) is 0. The van der Waals surface area contributed by atoms with Crippen LogP contribution in [0.15, 0.2) is 54.6 Å². The molecule has 0 saturated carbocycles. The minimum atomic E-state index is 0.00281. The third kappa shape index (κ3) is 3.03. The molecule has 0 spiro atoms. The molecule has 1 heteroatoms. The molecule has 0 unspecified atom stereocenters. The Morgan fingerprint density at radius 2 is 1.21 bits per heavy atom. The topological polar surface area (TPSA) is 9.23 Å². The molecule has 0 aliphatic heterocycles. The van der Waals surface area contributed by atoms with Gasteiger partial charge < -0.3 is 4.74 Å². The summed E-state index contributed by atoms with van der Waals surface area (Å²) in [5.41, 5.74) is 4.04. The molecule has 0 bridgehead atoms. The predicted octanol–water partition coefficient (Wildman–Crippen LogP) is 7.27. The van der Waals surface area contributed by atoms with E-state index < -0.39 is 0 Å². The monoisotopic (exact) mass is 370 g/mol. The highest BCUT2D eigenvalue weighted by molar-refractivity contribution is 5.50. The van der Waals surface area contributed by atoms with Gasteiger partial charge in [-0.05, 0) is 56.7 Å². The lowest BCUT2D eigenvalue weighted by Crippen LogP contribution is -2.18. The van der Waals surface area contributed by atoms with Crippen molar-refractivity contribution in [1.82, 2.24) is 0 Å². The Hall–Kier alpha value is -2.54. The molecule has 1 aliphatic carbocycles. The Balaban J connectivity index is 1.90. The Morgan fingerprint density at radius 3 is 1.86 bits per heavy atom. The van der Waals surface area contributed by atoms with Gasteiger partial charge in [0.1, 0.15) is 11.5 Å². The Kier molecular flexibility index (Phi) is 4.19. The maximum atomic E-state index is 6.60. The molecule has 0 N–H and O–H groups in total. The highest BCUT2D eigenvalue weighted by Gasteiger charge is 2.25. The number of hydrogen-bond donors (Lipinski definition) is 0. The second-order valence-electron chi connectivity index (χ2n) is 9.99. The van der Waals surface area contributed by atoms with Crippen LogP contribution >= 0.6 is 0 Å². The normalized spacial score (nSPS) is 12.8. The molecular formula is C27H30O. The molecule has 0 radical (unpaired) electrons. The predicted molar refractivity (Wildman–Crippen MR) is 117 cm³/mol. The van der Waals surface area contributed by atoms with Crippen LogP contribution in [0, 0.1) is 27.8 Å². The van der Waals surface area contributed by atoms with E-state index in [1.54, 1.807) is 0 Å². The van der Waals surface area contributed by atoms with E-state index in [-0.39, 0.29) is 10.8 Å². The molecule has 0 heterocycles. The Morgan fingerprint density at radius 1 is 0.607 bits per heavy atom. The molecule has 0 atom stereocenters. The van der Waals surface area contributed by atoms with Gasteiger partial charge in [0.15, 0.2) is 0 Å². The van der Waals surface area contributed by atoms with Crippen molar-refractivity contribution in [2.75, 3.05) is 0 Å². The first-order valence-electron chi connectivity index (χ1n) is 10.1. The van der Waals surface area contributed by atoms with Gasteiger partial charge in [-0.1, -0.05) is 84.0 Å². The van der Waals surface area contributed by atoms with Crippen molar-refractivity contribution in [3.63, 3.8) is 0 Å². The summed E-state index contributed by atoms with van der Waals surface area (Å²) in [7, 11) is 0. The van der Waals surface area contributed by atoms with Crippen LogP contribution in [0.2, 0.25) is 0 Å². The summed E-state index contributed by atoms with van der Waals surface area (Å²) in [5, 5.41) is 5.12. The van der Waals surface area contributed by atoms with Crippen LogP contribution in [0.4, 0.5) is 0 Å². The van der Waals surface area contributed by atoms with E-state index in [0.717, 1.165) is 11.5 Å². The fourth-order valence-corrected chi connectivity index (χ4v) is 4.27. The van der Waals surface area contributed by atoms with Gasteiger partial charge in [0.05, 0.1) is 0 Å². The summed E-state index contributed by atoms with van der Waals surface area (Å²) in [5.74, 6) is 1.92. The lowest BCUT2D eigenvalue weighted by atomic mass is 9.78. The maximum Gasteiger partial charge on any atom is 0.135 e. The summed E-state index contributed by atoms with van der Waals surface area (Å²) in [6, 6.07) is 19.5. The van der Waals surface area contributed by atoms with E-state index in [9.17, 15) is 0 Å². The van der Waals surface area contributed by atoms with Crippen LogP contribution in [0.3, 0.4) is 0 Å². The van der Waals surface area contributed by atoms with E-state index in [0.29, 0.717) is 0 Å². The van der Waals surface area contributed by atoms with Gasteiger partial charge in [-0.2, -0.15) is 0 Å². The molecule has 4 rings (SSSR count). The van der Waals surface area contributed by atoms with Gasteiger partial charge in [-0.15, -0.1) is 0 Å². The van der Waals surface area contributed by atoms with Crippen LogP contribution in [0.25, 0.3) is 0 Å². The number of ether oxygens (including phenoxy) is 1. The van der Waals surface area contributed by atoms with Gasteiger partial charge in [-0.3, -0.25) is 0 Å². The minimum Gasteiger partial charge on any atom is -0.456 e. The lowest BCUT2D eigenvalue weighted by Gasteiger charge is -2.29. The van der Waals surface area contributed by atoms with Crippen LogP contribution in [0.5, 0.6) is 11.5 Å². The van der Waals surface area contributed by atoms with E-state index in [1.165, 1.54) is 37.6 Å². The van der Waals surface area contributed by atoms with Crippen molar-refractivity contribution in [1.29, 1.82) is 0 Å². The van der Waals surface area contributed by atoms with Gasteiger partial charge >= 0.3 is 0 Å². The summed E-state index contributed by atoms with van der Waals surface area (Å²) < 4.78 is 6.60. The van der Waals surface area contributed by atoms with Crippen molar-refractivity contribution >= 4 is 0 Å². The summed E-state index contributed by atoms with van der Waals surface area (Å²) in [6.45, 7) is 15.8. The average molecular weight is 371 g/mol. The zero-order valence-electron chi connectivity index (χ0n) is 18.1. The molecule has 0 amide bonds. The first-order valence-corrected chi connectivity index (χ1v) is 10.1. The highest BCUT2D eigenvalue weighted by atomic mass is 16.5. The van der Waals surface area contributed by atoms with E-state index >= 15 is 0 Å². The molecule has 0 aromatic heterocycles. The fraction of sp³-hybridized carbons (Fsp3) is 0.333. The SMILES string of the molecule is Cc1cc(Oc2cccc3c2=c2ccccc2=3)c(C(C)(C)C)cc1C(C)(C)C. The quantitative estimate of drug-likeness (QED) is 0.360. The van der Waals surface area contributed by atoms with Gasteiger partial charge in [0, 0.05) is 10.8 Å². The van der Waals surface area contributed by atoms with Crippen molar-refractivity contribution in [3.8, 4) is 11.5 Å². The smallest absolute Gasteiger partial charge is 0.135 e. The summed E-state index contributed by atoms with van der Waals surface area (Å²) in [6.07, 6.45) is 0. The second kappa shape index (κ2) is 6.24. The molecule has 28 heavy (non-hydrogen) atoms. The number of fused-ring (bicyclic) bond motifs is 2. The number of aryl methyl sites for hydroxylation is 1. The van der Waals surface area contributed by atoms with Crippen LogP contribution in [0.1, 0.15) is 58.2 Å². The zero-order chi connectivity index (χ0) is 20.3. The van der Waals surface area contributed by atoms with Crippen LogP contribution in [-0.4, -0.2) is 0 Å². The van der Waals surface area contributed by atoms with Crippen molar-refractivity contribution < 1.29 is 4.74 Å². The van der Waals surface area contributed by atoms with Crippen LogP contribution in [-0.2, 0) is 10.8 Å². The third-order valence-electron chi connectivity index (χ3n) is 5.68. The van der Waals surface area contributed by atoms with E-state index in [2.05, 4.69) is 103 Å². The molecular weight excluding hydrogens is 340 g/mol. The zero-order valence-corrected chi connectivity index (χ0v) is 18.1.